The lowest BCUT2D eigenvalue weighted by Crippen LogP contribution is -2.49. The molecule has 25 heavy (non-hydrogen) atoms. The number of anilines is 1. The minimum absolute atomic E-state index is 0.121. The lowest BCUT2D eigenvalue weighted by Gasteiger charge is -2.28. The van der Waals surface area contributed by atoms with Crippen molar-refractivity contribution >= 4 is 21.6 Å². The van der Waals surface area contributed by atoms with E-state index in [2.05, 4.69) is 31.4 Å². The van der Waals surface area contributed by atoms with Crippen LogP contribution in [0.3, 0.4) is 0 Å². The van der Waals surface area contributed by atoms with Gasteiger partial charge in [-0.05, 0) is 64.3 Å². The maximum atomic E-state index is 12.5. The number of carbonyl (C=O) groups excluding carboxylic acids is 1. The van der Waals surface area contributed by atoms with E-state index in [1.165, 1.54) is 4.31 Å². The summed E-state index contributed by atoms with van der Waals surface area (Å²) in [6, 6.07) is 6.04. The lowest BCUT2D eigenvalue weighted by molar-refractivity contribution is -0.118. The second kappa shape index (κ2) is 7.85. The summed E-state index contributed by atoms with van der Waals surface area (Å²) in [5.41, 5.74) is 0.470. The predicted octanol–water partition coefficient (Wildman–Crippen LogP) is 2.58. The van der Waals surface area contributed by atoms with Crippen molar-refractivity contribution in [3.8, 4) is 0 Å². The van der Waals surface area contributed by atoms with Crippen LogP contribution in [0, 0.1) is 0 Å². The molecule has 1 saturated heterocycles. The standard InChI is InChI=1S/C18H29N3O3S/c1-5-18(3,4)20-14(2)17(22)19-15-8-10-16(11-9-15)25(23,24)21-12-6-7-13-21/h8-11,14,20H,5-7,12-13H2,1-4H3,(H,19,22)/t14-/m0/s1. The van der Waals surface area contributed by atoms with Gasteiger partial charge in [-0.1, -0.05) is 6.92 Å². The third-order valence-electron chi connectivity index (χ3n) is 4.71. The normalized spacial score (nSPS) is 17.4. The smallest absolute Gasteiger partial charge is 0.243 e. The van der Waals surface area contributed by atoms with Gasteiger partial charge in [0.2, 0.25) is 15.9 Å². The second-order valence-electron chi connectivity index (χ2n) is 7.23. The van der Waals surface area contributed by atoms with Crippen LogP contribution in [0.1, 0.15) is 47.0 Å². The van der Waals surface area contributed by atoms with E-state index in [4.69, 9.17) is 0 Å². The van der Waals surface area contributed by atoms with Crippen molar-refractivity contribution in [2.45, 2.75) is 63.4 Å². The predicted molar refractivity (Wildman–Crippen MR) is 100 cm³/mol. The van der Waals surface area contributed by atoms with Gasteiger partial charge in [0, 0.05) is 24.3 Å². The zero-order valence-corrected chi connectivity index (χ0v) is 16.3. The monoisotopic (exact) mass is 367 g/mol. The van der Waals surface area contributed by atoms with E-state index in [0.29, 0.717) is 18.8 Å². The highest BCUT2D eigenvalue weighted by molar-refractivity contribution is 7.89. The molecule has 6 nitrogen and oxygen atoms in total. The number of carbonyl (C=O) groups is 1. The van der Waals surface area contributed by atoms with Gasteiger partial charge in [-0.2, -0.15) is 4.31 Å². The third kappa shape index (κ3) is 5.03. The molecule has 140 valence electrons. The van der Waals surface area contributed by atoms with Crippen LogP contribution in [0.4, 0.5) is 5.69 Å². The van der Waals surface area contributed by atoms with E-state index in [0.717, 1.165) is 19.3 Å². The molecule has 1 atom stereocenters. The summed E-state index contributed by atoms with van der Waals surface area (Å²) >= 11 is 0. The highest BCUT2D eigenvalue weighted by Gasteiger charge is 2.27. The topological polar surface area (TPSA) is 78.5 Å². The summed E-state index contributed by atoms with van der Waals surface area (Å²) < 4.78 is 26.5. The van der Waals surface area contributed by atoms with E-state index < -0.39 is 10.0 Å². The Morgan fingerprint density at radius 3 is 2.28 bits per heavy atom. The summed E-state index contributed by atoms with van der Waals surface area (Å²) in [4.78, 5) is 12.6. The van der Waals surface area contributed by atoms with Crippen molar-refractivity contribution in [1.29, 1.82) is 0 Å². The fourth-order valence-electron chi connectivity index (χ4n) is 2.79. The molecular weight excluding hydrogens is 338 g/mol. The van der Waals surface area contributed by atoms with Crippen LogP contribution in [-0.4, -0.2) is 43.3 Å². The van der Waals surface area contributed by atoms with Crippen molar-refractivity contribution in [1.82, 2.24) is 9.62 Å². The van der Waals surface area contributed by atoms with E-state index >= 15 is 0 Å². The Balaban J connectivity index is 2.01. The van der Waals surface area contributed by atoms with Gasteiger partial charge in [0.1, 0.15) is 0 Å². The summed E-state index contributed by atoms with van der Waals surface area (Å²) in [6.07, 6.45) is 2.73. The molecular formula is C18H29N3O3S. The first kappa shape index (κ1) is 19.9. The highest BCUT2D eigenvalue weighted by Crippen LogP contribution is 2.22. The number of nitrogens with one attached hydrogen (secondary N) is 2. The third-order valence-corrected chi connectivity index (χ3v) is 6.62. The molecule has 0 saturated carbocycles. The van der Waals surface area contributed by atoms with Crippen LogP contribution in [-0.2, 0) is 14.8 Å². The summed E-state index contributed by atoms with van der Waals surface area (Å²) in [5.74, 6) is -0.142. The molecule has 7 heteroatoms. The van der Waals surface area contributed by atoms with Crippen LogP contribution < -0.4 is 10.6 Å². The molecule has 0 aliphatic carbocycles. The molecule has 0 radical (unpaired) electrons. The van der Waals surface area contributed by atoms with Gasteiger partial charge in [-0.3, -0.25) is 4.79 Å². The van der Waals surface area contributed by atoms with Crippen LogP contribution >= 0.6 is 0 Å². The van der Waals surface area contributed by atoms with E-state index in [-0.39, 0.29) is 22.4 Å². The first-order valence-corrected chi connectivity index (χ1v) is 10.3. The quantitative estimate of drug-likeness (QED) is 0.776. The molecule has 1 aliphatic rings. The largest absolute Gasteiger partial charge is 0.325 e. The fraction of sp³-hybridized carbons (Fsp3) is 0.611. The highest BCUT2D eigenvalue weighted by atomic mass is 32.2. The Labute approximate surface area is 151 Å². The molecule has 0 spiro atoms. The van der Waals surface area contributed by atoms with Gasteiger partial charge < -0.3 is 10.6 Å². The number of benzene rings is 1. The lowest BCUT2D eigenvalue weighted by atomic mass is 10.0. The molecule has 1 aromatic rings. The molecule has 0 bridgehead atoms. The average molecular weight is 368 g/mol. The Morgan fingerprint density at radius 1 is 1.20 bits per heavy atom. The second-order valence-corrected chi connectivity index (χ2v) is 9.17. The van der Waals surface area contributed by atoms with Gasteiger partial charge >= 0.3 is 0 Å². The molecule has 1 fully saturated rings. The molecule has 1 amide bonds. The molecule has 1 heterocycles. The number of hydrogen-bond donors (Lipinski definition) is 2. The summed E-state index contributed by atoms with van der Waals surface area (Å²) in [7, 11) is -3.42. The Bertz CT molecular complexity index is 693. The number of amides is 1. The summed E-state index contributed by atoms with van der Waals surface area (Å²) in [6.45, 7) is 9.15. The molecule has 2 rings (SSSR count). The molecule has 0 unspecified atom stereocenters. The van der Waals surface area contributed by atoms with Crippen molar-refractivity contribution in [2.75, 3.05) is 18.4 Å². The van der Waals surface area contributed by atoms with Crippen molar-refractivity contribution in [3.05, 3.63) is 24.3 Å². The van der Waals surface area contributed by atoms with Crippen LogP contribution in [0.5, 0.6) is 0 Å². The van der Waals surface area contributed by atoms with Gasteiger partial charge in [0.25, 0.3) is 0 Å². The van der Waals surface area contributed by atoms with Gasteiger partial charge in [0.05, 0.1) is 10.9 Å². The minimum Gasteiger partial charge on any atom is -0.325 e. The van der Waals surface area contributed by atoms with E-state index in [1.54, 1.807) is 24.3 Å². The minimum atomic E-state index is -3.42. The van der Waals surface area contributed by atoms with Gasteiger partial charge in [-0.15, -0.1) is 0 Å². The maximum Gasteiger partial charge on any atom is 0.243 e. The summed E-state index contributed by atoms with van der Waals surface area (Å²) in [5, 5.41) is 6.11. The van der Waals surface area contributed by atoms with Crippen LogP contribution in [0.15, 0.2) is 29.2 Å². The number of nitrogens with zero attached hydrogens (tertiary/aromatic N) is 1. The average Bonchev–Trinajstić information content (AvgIpc) is 3.10. The van der Waals surface area contributed by atoms with Gasteiger partial charge in [-0.25, -0.2) is 8.42 Å². The first-order chi connectivity index (χ1) is 11.7. The number of sulfonamides is 1. The number of rotatable bonds is 7. The van der Waals surface area contributed by atoms with E-state index in [9.17, 15) is 13.2 Å². The van der Waals surface area contributed by atoms with E-state index in [1.807, 2.05) is 6.92 Å². The van der Waals surface area contributed by atoms with Crippen LogP contribution in [0.2, 0.25) is 0 Å². The number of hydrogen-bond acceptors (Lipinski definition) is 4. The van der Waals surface area contributed by atoms with Crippen LogP contribution in [0.25, 0.3) is 0 Å². The molecule has 2 N–H and O–H groups in total. The zero-order chi connectivity index (χ0) is 18.7. The van der Waals surface area contributed by atoms with Crippen molar-refractivity contribution in [2.24, 2.45) is 0 Å². The maximum absolute atomic E-state index is 12.5. The molecule has 1 aliphatic heterocycles. The first-order valence-electron chi connectivity index (χ1n) is 8.84. The van der Waals surface area contributed by atoms with Crippen molar-refractivity contribution in [3.63, 3.8) is 0 Å². The fourth-order valence-corrected chi connectivity index (χ4v) is 4.31. The van der Waals surface area contributed by atoms with Crippen molar-refractivity contribution < 1.29 is 13.2 Å². The van der Waals surface area contributed by atoms with Gasteiger partial charge in [0.15, 0.2) is 0 Å². The SMILES string of the molecule is CCC(C)(C)N[C@@H](C)C(=O)Nc1ccc(S(=O)(=O)N2CCCC2)cc1. The Morgan fingerprint density at radius 2 is 1.76 bits per heavy atom. The zero-order valence-electron chi connectivity index (χ0n) is 15.5. The Kier molecular flexibility index (Phi) is 6.24. The Hall–Kier alpha value is -1.44. The molecule has 0 aromatic heterocycles. The molecule has 1 aromatic carbocycles.